The van der Waals surface area contributed by atoms with Crippen LogP contribution in [0.15, 0.2) is 104 Å². The maximum absolute atomic E-state index is 10.1. The second-order valence-corrected chi connectivity index (χ2v) is 11.6. The molecule has 4 heterocycles. The maximum atomic E-state index is 10.1. The monoisotopic (exact) mass is 588 g/mol. The van der Waals surface area contributed by atoms with Crippen molar-refractivity contribution in [2.24, 2.45) is 0 Å². The Labute approximate surface area is 260 Å². The van der Waals surface area contributed by atoms with E-state index in [1.54, 1.807) is 0 Å². The fraction of sp³-hybridized carbons (Fsp3) is 0.158. The number of allylic oxidation sites excluding steroid dienone is 2. The van der Waals surface area contributed by atoms with Gasteiger partial charge in [0, 0.05) is 23.7 Å². The first kappa shape index (κ1) is 27.2. The summed E-state index contributed by atoms with van der Waals surface area (Å²) in [6, 6.07) is 21.3. The molecule has 0 bridgehead atoms. The molecule has 45 heavy (non-hydrogen) atoms. The minimum absolute atomic E-state index is 0.337. The van der Waals surface area contributed by atoms with E-state index in [1.807, 2.05) is 49.2 Å². The molecular weight excluding hydrogens is 556 g/mol. The van der Waals surface area contributed by atoms with Crippen molar-refractivity contribution in [3.05, 3.63) is 141 Å². The smallest absolute Gasteiger partial charge is 0.164 e. The first-order valence-corrected chi connectivity index (χ1v) is 15.4. The van der Waals surface area contributed by atoms with Crippen molar-refractivity contribution in [3.63, 3.8) is 0 Å². The van der Waals surface area contributed by atoms with E-state index in [0.717, 1.165) is 53.4 Å². The number of imidazole rings is 1. The Hall–Kier alpha value is -5.40. The molecule has 0 fully saturated rings. The molecule has 0 radical (unpaired) electrons. The summed E-state index contributed by atoms with van der Waals surface area (Å²) in [5.41, 5.74) is 7.54. The van der Waals surface area contributed by atoms with Crippen molar-refractivity contribution in [3.8, 4) is 11.4 Å². The van der Waals surface area contributed by atoms with Crippen LogP contribution in [0.2, 0.25) is 0 Å². The molecule has 1 aliphatic heterocycles. The topological polar surface area (TPSA) is 88.8 Å². The van der Waals surface area contributed by atoms with Gasteiger partial charge < -0.3 is 15.0 Å². The number of rotatable bonds is 3. The molecule has 1 unspecified atom stereocenters. The van der Waals surface area contributed by atoms with Crippen molar-refractivity contribution >= 4 is 34.2 Å². The van der Waals surface area contributed by atoms with Gasteiger partial charge in [-0.25, -0.2) is 15.0 Å². The van der Waals surface area contributed by atoms with E-state index < -0.39 is 0 Å². The van der Waals surface area contributed by atoms with E-state index in [-0.39, 0.29) is 6.10 Å². The van der Waals surface area contributed by atoms with Gasteiger partial charge in [-0.15, -0.1) is 0 Å². The Balaban J connectivity index is 0.000000452. The Kier molecular flexibility index (Phi) is 7.00. The highest BCUT2D eigenvalue weighted by molar-refractivity contribution is 5.79. The normalized spacial score (nSPS) is 16.0. The SMILES string of the molecule is C1=CCNC=C1.OC1C=c2ccc3c(c2CC1)CC=c1cc(-c2ncc4ncn(Cc5ccc6ncccc6c5)c4n2)ccc1=3. The number of nitrogens with zero attached hydrogens (tertiary/aromatic N) is 5. The number of hydrogen-bond donors (Lipinski definition) is 2. The molecule has 7 heteroatoms. The molecule has 7 nitrogen and oxygen atoms in total. The van der Waals surface area contributed by atoms with Crippen LogP contribution in [-0.2, 0) is 19.4 Å². The van der Waals surface area contributed by atoms with E-state index in [4.69, 9.17) is 4.98 Å². The number of aliphatic hydroxyl groups is 1. The number of pyridine rings is 1. The Morgan fingerprint density at radius 3 is 2.71 bits per heavy atom. The van der Waals surface area contributed by atoms with E-state index >= 15 is 0 Å². The van der Waals surface area contributed by atoms with Crippen molar-refractivity contribution in [1.29, 1.82) is 0 Å². The van der Waals surface area contributed by atoms with Crippen molar-refractivity contribution in [1.82, 2.24) is 29.8 Å². The minimum Gasteiger partial charge on any atom is -0.389 e. The molecule has 3 aliphatic rings. The first-order valence-electron chi connectivity index (χ1n) is 15.4. The Morgan fingerprint density at radius 2 is 1.84 bits per heavy atom. The van der Waals surface area contributed by atoms with E-state index in [0.29, 0.717) is 12.4 Å². The molecule has 0 amide bonds. The van der Waals surface area contributed by atoms with Crippen LogP contribution in [0, 0.1) is 10.4 Å². The van der Waals surface area contributed by atoms with Gasteiger partial charge in [0.1, 0.15) is 5.52 Å². The highest BCUT2D eigenvalue weighted by atomic mass is 16.3. The molecule has 3 aromatic carbocycles. The van der Waals surface area contributed by atoms with Gasteiger partial charge >= 0.3 is 0 Å². The quantitative estimate of drug-likeness (QED) is 0.318. The van der Waals surface area contributed by atoms with E-state index in [1.165, 1.54) is 37.6 Å². The summed E-state index contributed by atoms with van der Waals surface area (Å²) in [5, 5.41) is 19.1. The molecule has 6 aromatic rings. The van der Waals surface area contributed by atoms with Gasteiger partial charge in [0.25, 0.3) is 0 Å². The zero-order chi connectivity index (χ0) is 30.2. The number of aromatic nitrogens is 5. The van der Waals surface area contributed by atoms with Crippen LogP contribution in [0.3, 0.4) is 0 Å². The highest BCUT2D eigenvalue weighted by Gasteiger charge is 2.16. The summed E-state index contributed by atoms with van der Waals surface area (Å²) in [6.45, 7) is 1.65. The van der Waals surface area contributed by atoms with Crippen molar-refractivity contribution in [2.45, 2.75) is 31.9 Å². The molecular formula is C38H32N6O. The average molecular weight is 589 g/mol. The number of fused-ring (bicyclic) bond motifs is 6. The summed E-state index contributed by atoms with van der Waals surface area (Å²) >= 11 is 0. The second kappa shape index (κ2) is 11.6. The molecule has 3 aromatic heterocycles. The van der Waals surface area contributed by atoms with Gasteiger partial charge in [0.05, 0.1) is 30.7 Å². The first-order chi connectivity index (χ1) is 22.2. The summed E-state index contributed by atoms with van der Waals surface area (Å²) in [4.78, 5) is 18.6. The fourth-order valence-electron chi connectivity index (χ4n) is 6.50. The van der Waals surface area contributed by atoms with Crippen molar-refractivity contribution < 1.29 is 5.11 Å². The molecule has 1 atom stereocenters. The predicted molar refractivity (Wildman–Crippen MR) is 178 cm³/mol. The van der Waals surface area contributed by atoms with Gasteiger partial charge in [-0.2, -0.15) is 0 Å². The lowest BCUT2D eigenvalue weighted by atomic mass is 9.88. The Morgan fingerprint density at radius 1 is 0.889 bits per heavy atom. The predicted octanol–water partition coefficient (Wildman–Crippen LogP) is 4.46. The zero-order valence-corrected chi connectivity index (χ0v) is 24.8. The molecule has 220 valence electrons. The molecule has 0 spiro atoms. The zero-order valence-electron chi connectivity index (χ0n) is 24.8. The molecule has 0 saturated heterocycles. The number of hydrogen-bond acceptors (Lipinski definition) is 6. The van der Waals surface area contributed by atoms with Gasteiger partial charge in [-0.05, 0) is 99.4 Å². The van der Waals surface area contributed by atoms with Crippen LogP contribution in [0.4, 0.5) is 0 Å². The molecule has 2 N–H and O–H groups in total. The van der Waals surface area contributed by atoms with Crippen LogP contribution < -0.4 is 15.8 Å². The van der Waals surface area contributed by atoms with Crippen LogP contribution in [0.25, 0.3) is 45.6 Å². The number of aliphatic hydroxyl groups excluding tert-OH is 1. The number of dihydropyridines is 1. The maximum Gasteiger partial charge on any atom is 0.164 e. The van der Waals surface area contributed by atoms with E-state index in [2.05, 4.69) is 91.6 Å². The summed E-state index contributed by atoms with van der Waals surface area (Å²) < 4.78 is 2.08. The summed E-state index contributed by atoms with van der Waals surface area (Å²) in [6.07, 6.45) is 20.1. The third-order valence-electron chi connectivity index (χ3n) is 8.73. The lowest BCUT2D eigenvalue weighted by Gasteiger charge is -2.19. The van der Waals surface area contributed by atoms with Gasteiger partial charge in [0.15, 0.2) is 11.5 Å². The second-order valence-electron chi connectivity index (χ2n) is 11.6. The number of nitrogens with one attached hydrogen (secondary N) is 1. The standard InChI is InChI=1S/C33H25N5O.C5H7N/c39-25-7-11-27-22(16-25)5-10-28-26-8-6-24(15-21(26)4-9-29(27)28)32-35-17-31-33(37-32)38(19-36-31)18-20-3-12-30-23(14-20)2-1-13-34-30;1-2-4-6-5-3-1/h1-6,8,10,12-17,19,25,39H,7,9,11,18H2;1-4,6H,5H2. The van der Waals surface area contributed by atoms with Crippen LogP contribution in [0.5, 0.6) is 0 Å². The lowest BCUT2D eigenvalue weighted by Crippen LogP contribution is -2.24. The van der Waals surface area contributed by atoms with E-state index in [9.17, 15) is 5.11 Å². The fourth-order valence-corrected chi connectivity index (χ4v) is 6.50. The van der Waals surface area contributed by atoms with Crippen LogP contribution in [-0.4, -0.2) is 42.3 Å². The molecule has 2 aliphatic carbocycles. The lowest BCUT2D eigenvalue weighted by molar-refractivity contribution is 0.224. The van der Waals surface area contributed by atoms with Crippen LogP contribution >= 0.6 is 0 Å². The Bertz CT molecular complexity index is 2360. The van der Waals surface area contributed by atoms with Gasteiger partial charge in [-0.3, -0.25) is 4.98 Å². The largest absolute Gasteiger partial charge is 0.389 e. The highest BCUT2D eigenvalue weighted by Crippen LogP contribution is 2.22. The summed E-state index contributed by atoms with van der Waals surface area (Å²) in [5.74, 6) is 0.697. The third kappa shape index (κ3) is 5.32. The molecule has 9 rings (SSSR count). The third-order valence-corrected chi connectivity index (χ3v) is 8.73. The van der Waals surface area contributed by atoms with Gasteiger partial charge in [0.2, 0.25) is 0 Å². The average Bonchev–Trinajstić information content (AvgIpc) is 3.50. The minimum atomic E-state index is -0.337. The van der Waals surface area contributed by atoms with Crippen LogP contribution in [0.1, 0.15) is 23.1 Å². The van der Waals surface area contributed by atoms with Crippen molar-refractivity contribution in [2.75, 3.05) is 6.54 Å². The summed E-state index contributed by atoms with van der Waals surface area (Å²) in [7, 11) is 0. The number of benzene rings is 3. The molecule has 0 saturated carbocycles. The van der Waals surface area contributed by atoms with Gasteiger partial charge in [-0.1, -0.05) is 54.6 Å².